The number of hydrogen-bond donors (Lipinski definition) is 0. The van der Waals surface area contributed by atoms with Crippen LogP contribution in [-0.2, 0) is 16.0 Å². The molecule has 0 N–H and O–H groups in total. The summed E-state index contributed by atoms with van der Waals surface area (Å²) in [6.07, 6.45) is 7.03. The zero-order valence-electron chi connectivity index (χ0n) is 16.1. The maximum absolute atomic E-state index is 12.4. The Morgan fingerprint density at radius 3 is 2.69 bits per heavy atom. The van der Waals surface area contributed by atoms with E-state index in [1.165, 1.54) is 38.6 Å². The van der Waals surface area contributed by atoms with Gasteiger partial charge < -0.3 is 4.74 Å². The number of benzene rings is 2. The molecule has 0 aliphatic heterocycles. The zero-order chi connectivity index (χ0) is 18.5. The van der Waals surface area contributed by atoms with Gasteiger partial charge in [-0.3, -0.25) is 4.79 Å². The normalized spacial score (nSPS) is 19.3. The Balaban J connectivity index is 1.67. The van der Waals surface area contributed by atoms with E-state index in [9.17, 15) is 4.79 Å². The fraction of sp³-hybridized carbons (Fsp3) is 0.375. The monoisotopic (exact) mass is 346 g/mol. The molecule has 0 fully saturated rings. The second kappa shape index (κ2) is 6.12. The highest BCUT2D eigenvalue weighted by Gasteiger charge is 2.29. The number of aryl methyl sites for hydroxylation is 2. The number of esters is 1. The van der Waals surface area contributed by atoms with Crippen LogP contribution in [0.2, 0.25) is 0 Å². The van der Waals surface area contributed by atoms with Crippen molar-refractivity contribution in [1.82, 2.24) is 0 Å². The average molecular weight is 346 g/mol. The van der Waals surface area contributed by atoms with Crippen molar-refractivity contribution in [3.8, 4) is 0 Å². The molecule has 2 aromatic rings. The van der Waals surface area contributed by atoms with E-state index in [4.69, 9.17) is 4.74 Å². The Kier molecular flexibility index (Phi) is 4.02. The van der Waals surface area contributed by atoms with Crippen LogP contribution in [0.25, 0.3) is 16.3 Å². The van der Waals surface area contributed by atoms with Crippen LogP contribution in [0.15, 0.2) is 48.1 Å². The minimum Gasteiger partial charge on any atom is -0.460 e. The second-order valence-corrected chi connectivity index (χ2v) is 8.54. The van der Waals surface area contributed by atoms with Gasteiger partial charge in [-0.25, -0.2) is 0 Å². The highest BCUT2D eigenvalue weighted by molar-refractivity contribution is 5.94. The Morgan fingerprint density at radius 2 is 1.92 bits per heavy atom. The molecule has 0 radical (unpaired) electrons. The molecule has 2 heteroatoms. The SMILES string of the molecule is Cc1ccc2c3c(ccc2c1)C1=C(CC3)CC(C(=O)OC(C)(C)C)C=C1. The van der Waals surface area contributed by atoms with Crippen molar-refractivity contribution in [2.75, 3.05) is 0 Å². The highest BCUT2D eigenvalue weighted by atomic mass is 16.6. The molecule has 0 amide bonds. The van der Waals surface area contributed by atoms with E-state index >= 15 is 0 Å². The Labute approximate surface area is 155 Å². The van der Waals surface area contributed by atoms with Gasteiger partial charge in [-0.15, -0.1) is 0 Å². The molecule has 4 rings (SSSR count). The Bertz CT molecular complexity index is 954. The quantitative estimate of drug-likeness (QED) is 0.613. The van der Waals surface area contributed by atoms with Gasteiger partial charge in [-0.05, 0) is 74.4 Å². The van der Waals surface area contributed by atoms with Crippen LogP contribution in [-0.4, -0.2) is 11.6 Å². The van der Waals surface area contributed by atoms with E-state index in [0.717, 1.165) is 19.3 Å². The van der Waals surface area contributed by atoms with Gasteiger partial charge >= 0.3 is 5.97 Å². The number of fused-ring (bicyclic) bond motifs is 4. The first-order valence-electron chi connectivity index (χ1n) is 9.47. The smallest absolute Gasteiger partial charge is 0.313 e. The zero-order valence-corrected chi connectivity index (χ0v) is 16.1. The molecule has 0 aromatic heterocycles. The topological polar surface area (TPSA) is 26.3 Å². The number of carbonyl (C=O) groups excluding carboxylic acids is 1. The molecular weight excluding hydrogens is 320 g/mol. The molecule has 2 aliphatic carbocycles. The lowest BCUT2D eigenvalue weighted by Crippen LogP contribution is -2.29. The lowest BCUT2D eigenvalue weighted by molar-refractivity contribution is -0.158. The third kappa shape index (κ3) is 3.09. The molecule has 0 saturated carbocycles. The maximum Gasteiger partial charge on any atom is 0.313 e. The number of allylic oxidation sites excluding steroid dienone is 3. The van der Waals surface area contributed by atoms with Crippen molar-refractivity contribution in [1.29, 1.82) is 0 Å². The van der Waals surface area contributed by atoms with Gasteiger partial charge in [0.15, 0.2) is 0 Å². The summed E-state index contributed by atoms with van der Waals surface area (Å²) < 4.78 is 5.58. The lowest BCUT2D eigenvalue weighted by Gasteiger charge is -2.29. The fourth-order valence-electron chi connectivity index (χ4n) is 4.14. The molecule has 1 unspecified atom stereocenters. The number of ether oxygens (including phenoxy) is 1. The van der Waals surface area contributed by atoms with Crippen molar-refractivity contribution >= 4 is 22.3 Å². The predicted molar refractivity (Wildman–Crippen MR) is 107 cm³/mol. The van der Waals surface area contributed by atoms with E-state index in [1.54, 1.807) is 0 Å². The standard InChI is InChI=1S/C24H26O2/c1-15-5-9-19-16(13-15)6-11-22-20-10-8-18(23(25)26-24(2,3)4)14-17(20)7-12-21(19)22/h5-6,8-11,13,18H,7,12,14H2,1-4H3. The minimum absolute atomic E-state index is 0.111. The first kappa shape index (κ1) is 17.1. The molecule has 0 spiro atoms. The summed E-state index contributed by atoms with van der Waals surface area (Å²) in [7, 11) is 0. The Hall–Kier alpha value is -2.35. The summed E-state index contributed by atoms with van der Waals surface area (Å²) in [6.45, 7) is 7.91. The van der Waals surface area contributed by atoms with Crippen LogP contribution in [0.1, 0.15) is 50.3 Å². The molecule has 0 bridgehead atoms. The van der Waals surface area contributed by atoms with E-state index in [2.05, 4.69) is 43.3 Å². The van der Waals surface area contributed by atoms with E-state index < -0.39 is 5.60 Å². The van der Waals surface area contributed by atoms with Crippen LogP contribution in [0.5, 0.6) is 0 Å². The third-order valence-electron chi connectivity index (χ3n) is 5.31. The van der Waals surface area contributed by atoms with Crippen molar-refractivity contribution in [2.24, 2.45) is 5.92 Å². The van der Waals surface area contributed by atoms with Gasteiger partial charge in [0.05, 0.1) is 5.92 Å². The first-order chi connectivity index (χ1) is 12.3. The molecular formula is C24H26O2. The summed E-state index contributed by atoms with van der Waals surface area (Å²) in [6, 6.07) is 11.2. The van der Waals surface area contributed by atoms with E-state index in [-0.39, 0.29) is 11.9 Å². The lowest BCUT2D eigenvalue weighted by atomic mass is 9.77. The van der Waals surface area contributed by atoms with Crippen molar-refractivity contribution in [3.63, 3.8) is 0 Å². The molecule has 2 aromatic carbocycles. The van der Waals surface area contributed by atoms with Gasteiger partial charge in [-0.1, -0.05) is 53.6 Å². The van der Waals surface area contributed by atoms with Crippen LogP contribution in [0.3, 0.4) is 0 Å². The predicted octanol–water partition coefficient (Wildman–Crippen LogP) is 5.77. The van der Waals surface area contributed by atoms with E-state index in [1.807, 2.05) is 26.8 Å². The molecule has 1 atom stereocenters. The maximum atomic E-state index is 12.4. The largest absolute Gasteiger partial charge is 0.460 e. The average Bonchev–Trinajstić information content (AvgIpc) is 2.58. The van der Waals surface area contributed by atoms with Gasteiger partial charge in [0, 0.05) is 0 Å². The molecule has 134 valence electrons. The van der Waals surface area contributed by atoms with Crippen LogP contribution in [0.4, 0.5) is 0 Å². The number of rotatable bonds is 1. The van der Waals surface area contributed by atoms with Gasteiger partial charge in [0.2, 0.25) is 0 Å². The summed E-state index contributed by atoms with van der Waals surface area (Å²) in [4.78, 5) is 12.4. The summed E-state index contributed by atoms with van der Waals surface area (Å²) in [5.41, 5.74) is 6.35. The van der Waals surface area contributed by atoms with Gasteiger partial charge in [-0.2, -0.15) is 0 Å². The molecule has 26 heavy (non-hydrogen) atoms. The highest BCUT2D eigenvalue weighted by Crippen LogP contribution is 2.41. The van der Waals surface area contributed by atoms with Crippen LogP contribution >= 0.6 is 0 Å². The molecule has 2 aliphatic rings. The molecule has 0 saturated heterocycles. The van der Waals surface area contributed by atoms with Crippen LogP contribution < -0.4 is 0 Å². The van der Waals surface area contributed by atoms with Crippen molar-refractivity contribution in [2.45, 2.75) is 52.6 Å². The Morgan fingerprint density at radius 1 is 1.12 bits per heavy atom. The number of hydrogen-bond acceptors (Lipinski definition) is 2. The molecule has 2 nitrogen and oxygen atoms in total. The minimum atomic E-state index is -0.435. The fourth-order valence-corrected chi connectivity index (χ4v) is 4.14. The third-order valence-corrected chi connectivity index (χ3v) is 5.31. The van der Waals surface area contributed by atoms with E-state index in [0.29, 0.717) is 0 Å². The van der Waals surface area contributed by atoms with Gasteiger partial charge in [0.1, 0.15) is 5.60 Å². The van der Waals surface area contributed by atoms with Crippen molar-refractivity contribution in [3.05, 3.63) is 64.7 Å². The van der Waals surface area contributed by atoms with Gasteiger partial charge in [0.25, 0.3) is 0 Å². The molecule has 0 heterocycles. The van der Waals surface area contributed by atoms with Crippen molar-refractivity contribution < 1.29 is 9.53 Å². The van der Waals surface area contributed by atoms with Crippen LogP contribution in [0, 0.1) is 12.8 Å². The summed E-state index contributed by atoms with van der Waals surface area (Å²) in [5.74, 6) is -0.266. The first-order valence-corrected chi connectivity index (χ1v) is 9.47. The second-order valence-electron chi connectivity index (χ2n) is 8.54. The summed E-state index contributed by atoms with van der Waals surface area (Å²) in [5, 5.41) is 2.68. The number of carbonyl (C=O) groups is 1. The summed E-state index contributed by atoms with van der Waals surface area (Å²) >= 11 is 0.